The van der Waals surface area contributed by atoms with Gasteiger partial charge in [0.1, 0.15) is 0 Å². The molecule has 0 nitrogen and oxygen atoms in total. The van der Waals surface area contributed by atoms with Gasteiger partial charge < -0.3 is 0 Å². The topological polar surface area (TPSA) is 0 Å². The van der Waals surface area contributed by atoms with Crippen LogP contribution >= 0.6 is 24.8 Å². The van der Waals surface area contributed by atoms with Gasteiger partial charge >= 0.3 is 104 Å². The van der Waals surface area contributed by atoms with Crippen LogP contribution in [0, 0.1) is 0 Å². The van der Waals surface area contributed by atoms with E-state index in [0.29, 0.717) is 0 Å². The van der Waals surface area contributed by atoms with E-state index >= 15 is 0 Å². The second-order valence-electron chi connectivity index (χ2n) is 5.27. The van der Waals surface area contributed by atoms with Gasteiger partial charge in [-0.25, -0.2) is 0 Å². The summed E-state index contributed by atoms with van der Waals surface area (Å²) in [5, 5.41) is 0. The number of hydrogen-bond donors (Lipinski definition) is 0. The van der Waals surface area contributed by atoms with Crippen LogP contribution in [0.25, 0.3) is 0 Å². The number of hydrogen-bond acceptors (Lipinski definition) is 0. The molecule has 16 heavy (non-hydrogen) atoms. The summed E-state index contributed by atoms with van der Waals surface area (Å²) in [5.74, 6) is 0. The molecular formula is C12H21Cl2HfSi. The predicted octanol–water partition coefficient (Wildman–Crippen LogP) is 4.88. The van der Waals surface area contributed by atoms with E-state index < -0.39 is 8.07 Å². The Balaban J connectivity index is 0. The Morgan fingerprint density at radius 2 is 1.94 bits per heavy atom. The van der Waals surface area contributed by atoms with Gasteiger partial charge in [-0.2, -0.15) is 0 Å². The molecule has 0 aliphatic heterocycles. The Labute approximate surface area is 128 Å². The van der Waals surface area contributed by atoms with E-state index in [-0.39, 0.29) is 24.8 Å². The Bertz CT molecular complexity index is 301. The average molecular weight is 443 g/mol. The van der Waals surface area contributed by atoms with Crippen molar-refractivity contribution in [1.82, 2.24) is 0 Å². The molecule has 1 aliphatic rings. The zero-order valence-corrected chi connectivity index (χ0v) is 16.5. The maximum atomic E-state index is 4.22. The summed E-state index contributed by atoms with van der Waals surface area (Å²) < 4.78 is 1.67. The predicted molar refractivity (Wildman–Crippen MR) is 77.2 cm³/mol. The summed E-state index contributed by atoms with van der Waals surface area (Å²) in [7, 11) is -0.949. The molecule has 0 aromatic rings. The van der Waals surface area contributed by atoms with Gasteiger partial charge in [-0.1, -0.05) is 0 Å². The molecule has 0 radical (unpaired) electrons. The van der Waals surface area contributed by atoms with Crippen molar-refractivity contribution in [2.24, 2.45) is 0 Å². The Morgan fingerprint density at radius 1 is 1.38 bits per heavy atom. The molecule has 0 heterocycles. The fourth-order valence-electron chi connectivity index (χ4n) is 1.80. The second-order valence-corrected chi connectivity index (χ2v) is 12.9. The summed E-state index contributed by atoms with van der Waals surface area (Å²) in [6, 6.07) is 1.28. The van der Waals surface area contributed by atoms with Gasteiger partial charge in [0.25, 0.3) is 0 Å². The molecule has 0 bridgehead atoms. The molecule has 0 aromatic carbocycles. The van der Waals surface area contributed by atoms with Crippen molar-refractivity contribution in [2.45, 2.75) is 38.5 Å². The van der Waals surface area contributed by atoms with Crippen molar-refractivity contribution in [3.63, 3.8) is 0 Å². The van der Waals surface area contributed by atoms with Gasteiger partial charge in [0.15, 0.2) is 0 Å². The Kier molecular flexibility index (Phi) is 9.70. The van der Waals surface area contributed by atoms with E-state index in [1.54, 1.807) is 8.90 Å². The molecule has 4 heteroatoms. The van der Waals surface area contributed by atoms with Crippen LogP contribution in [-0.4, -0.2) is 8.07 Å². The summed E-state index contributed by atoms with van der Waals surface area (Å²) >= 11 is 1.22. The third kappa shape index (κ3) is 7.26. The number of allylic oxidation sites excluding steroid dienone is 5. The molecule has 1 aliphatic carbocycles. The average Bonchev–Trinajstić information content (AvgIpc) is 2.32. The van der Waals surface area contributed by atoms with Crippen molar-refractivity contribution >= 4 is 32.9 Å². The molecule has 0 spiro atoms. The molecule has 0 N–H and O–H groups in total. The van der Waals surface area contributed by atoms with Crippen molar-refractivity contribution in [1.29, 1.82) is 0 Å². The zero-order valence-electron chi connectivity index (χ0n) is 10.3. The molecule has 0 atom stereocenters. The third-order valence-corrected chi connectivity index (χ3v) is 5.70. The molecule has 0 unspecified atom stereocenters. The van der Waals surface area contributed by atoms with Crippen LogP contribution in [0.15, 0.2) is 33.2 Å². The molecule has 0 fully saturated rings. The van der Waals surface area contributed by atoms with Crippen molar-refractivity contribution in [3.05, 3.63) is 33.2 Å². The van der Waals surface area contributed by atoms with E-state index in [4.69, 9.17) is 0 Å². The Morgan fingerprint density at radius 3 is 2.31 bits per heavy atom. The normalized spacial score (nSPS) is 14.4. The smallest absolute Gasteiger partial charge is 0.147 e. The van der Waals surface area contributed by atoms with Crippen LogP contribution in [0.5, 0.6) is 0 Å². The van der Waals surface area contributed by atoms with Crippen LogP contribution in [0.4, 0.5) is 0 Å². The van der Waals surface area contributed by atoms with Gasteiger partial charge in [-0.3, -0.25) is 0 Å². The number of halogens is 2. The minimum Gasteiger partial charge on any atom is -0.147 e. The van der Waals surface area contributed by atoms with Gasteiger partial charge in [-0.15, -0.1) is 24.8 Å². The van der Waals surface area contributed by atoms with E-state index in [1.807, 2.05) is 0 Å². The quantitative estimate of drug-likeness (QED) is 0.430. The maximum Gasteiger partial charge on any atom is -0.147 e. The monoisotopic (exact) mass is 443 g/mol. The summed E-state index contributed by atoms with van der Waals surface area (Å²) in [6.45, 7) is 11.5. The Hall–Kier alpha value is 0.887. The minimum atomic E-state index is -0.949. The standard InChI is InChI=1S/C12H19Si.2ClH.Hf/c1-11(10-13(2,3)4)9-12-7-5-6-8-12;;;/h5,7H,1,6,9-10H2,2-4H3;2*1H;. The molecule has 0 saturated carbocycles. The van der Waals surface area contributed by atoms with Crippen molar-refractivity contribution in [3.8, 4) is 0 Å². The molecule has 0 amide bonds. The molecule has 0 saturated heterocycles. The molecule has 91 valence electrons. The van der Waals surface area contributed by atoms with Crippen molar-refractivity contribution < 1.29 is 24.4 Å². The zero-order chi connectivity index (χ0) is 10.8. The summed E-state index contributed by atoms with van der Waals surface area (Å²) in [4.78, 5) is 0. The van der Waals surface area contributed by atoms with E-state index in [2.05, 4.69) is 38.4 Å². The maximum absolute atomic E-state index is 4.22. The van der Waals surface area contributed by atoms with E-state index in [9.17, 15) is 0 Å². The van der Waals surface area contributed by atoms with Gasteiger partial charge in [0.2, 0.25) is 0 Å². The van der Waals surface area contributed by atoms with E-state index in [0.717, 1.165) is 6.42 Å². The minimum absolute atomic E-state index is 0. The third-order valence-electron chi connectivity index (χ3n) is 2.25. The van der Waals surface area contributed by atoms with Crippen LogP contribution in [0.3, 0.4) is 0 Å². The fourth-order valence-corrected chi connectivity index (χ4v) is 4.46. The van der Waals surface area contributed by atoms with Gasteiger partial charge in [0.05, 0.1) is 0 Å². The first-order valence-corrected chi connectivity index (χ1v) is 10.7. The molecule has 0 aromatic heterocycles. The van der Waals surface area contributed by atoms with Gasteiger partial charge in [-0.05, 0) is 0 Å². The van der Waals surface area contributed by atoms with Crippen LogP contribution in [-0.2, 0) is 24.4 Å². The number of rotatable bonds is 4. The largest absolute Gasteiger partial charge is 0.147 e. The molecule has 1 rings (SSSR count). The van der Waals surface area contributed by atoms with Crippen molar-refractivity contribution in [2.75, 3.05) is 0 Å². The first kappa shape index (κ1) is 19.2. The molecular weight excluding hydrogens is 422 g/mol. The summed E-state index contributed by atoms with van der Waals surface area (Å²) in [6.07, 6.45) is 6.94. The van der Waals surface area contributed by atoms with Gasteiger partial charge in [0, 0.05) is 0 Å². The first-order chi connectivity index (χ1) is 6.38. The second kappa shape index (κ2) is 8.07. The van der Waals surface area contributed by atoms with Crippen LogP contribution in [0.2, 0.25) is 25.7 Å². The first-order valence-electron chi connectivity index (χ1n) is 5.15. The van der Waals surface area contributed by atoms with E-state index in [1.165, 1.54) is 42.4 Å². The summed E-state index contributed by atoms with van der Waals surface area (Å²) in [5.41, 5.74) is 3.01. The van der Waals surface area contributed by atoms with Crippen LogP contribution in [0.1, 0.15) is 12.8 Å². The SMILES string of the molecule is C=C(CC1=[C]([Hf])CC=C1)C[Si](C)(C)C.Cl.Cl. The van der Waals surface area contributed by atoms with Crippen LogP contribution < -0.4 is 0 Å². The fraction of sp³-hybridized carbons (Fsp3) is 0.500.